The average Bonchev–Trinajstić information content (AvgIpc) is 2.47. The van der Waals surface area contributed by atoms with Crippen LogP contribution in [0.2, 0.25) is 0 Å². The van der Waals surface area contributed by atoms with Crippen molar-refractivity contribution in [2.24, 2.45) is 5.73 Å². The first-order chi connectivity index (χ1) is 9.91. The Morgan fingerprint density at radius 3 is 2.43 bits per heavy atom. The van der Waals surface area contributed by atoms with Gasteiger partial charge in [0.15, 0.2) is 0 Å². The molecule has 3 nitrogen and oxygen atoms in total. The second-order valence-electron chi connectivity index (χ2n) is 4.62. The van der Waals surface area contributed by atoms with Gasteiger partial charge in [0.1, 0.15) is 5.75 Å². The van der Waals surface area contributed by atoms with Crippen molar-refractivity contribution in [3.05, 3.63) is 59.4 Å². The smallest absolute Gasteiger partial charge is 0.416 e. The molecule has 2 N–H and O–H groups in total. The lowest BCUT2D eigenvalue weighted by atomic mass is 9.97. The van der Waals surface area contributed by atoms with Gasteiger partial charge in [0, 0.05) is 18.4 Å². The molecule has 1 heterocycles. The third kappa shape index (κ3) is 3.72. The highest BCUT2D eigenvalue weighted by atomic mass is 19.4. The van der Waals surface area contributed by atoms with Gasteiger partial charge in [0.25, 0.3) is 0 Å². The fourth-order valence-electron chi connectivity index (χ4n) is 2.09. The number of nitrogens with two attached hydrogens (primary N) is 1. The Morgan fingerprint density at radius 1 is 1.19 bits per heavy atom. The van der Waals surface area contributed by atoms with Crippen LogP contribution in [-0.2, 0) is 12.6 Å². The maximum atomic E-state index is 12.9. The quantitative estimate of drug-likeness (QED) is 0.941. The maximum absolute atomic E-state index is 12.9. The molecule has 0 aliphatic rings. The van der Waals surface area contributed by atoms with Crippen LogP contribution in [0.3, 0.4) is 0 Å². The highest BCUT2D eigenvalue weighted by Gasteiger charge is 2.34. The molecule has 0 aliphatic carbocycles. The summed E-state index contributed by atoms with van der Waals surface area (Å²) in [6, 6.07) is 7.23. The van der Waals surface area contributed by atoms with Gasteiger partial charge < -0.3 is 10.5 Å². The largest absolute Gasteiger partial charge is 0.497 e. The molecule has 1 aromatic carbocycles. The molecular formula is C15H15F3N2O. The van der Waals surface area contributed by atoms with Gasteiger partial charge in [-0.1, -0.05) is 12.1 Å². The molecule has 6 heteroatoms. The summed E-state index contributed by atoms with van der Waals surface area (Å²) >= 11 is 0. The summed E-state index contributed by atoms with van der Waals surface area (Å²) in [5.41, 5.74) is 6.02. The minimum atomic E-state index is -4.43. The average molecular weight is 296 g/mol. The lowest BCUT2D eigenvalue weighted by molar-refractivity contribution is -0.138. The van der Waals surface area contributed by atoms with E-state index in [0.29, 0.717) is 12.2 Å². The molecule has 0 bridgehead atoms. The Labute approximate surface area is 120 Å². The molecule has 0 radical (unpaired) electrons. The number of rotatable bonds is 4. The van der Waals surface area contributed by atoms with Crippen LogP contribution in [0.1, 0.15) is 22.7 Å². The zero-order valence-electron chi connectivity index (χ0n) is 11.4. The van der Waals surface area contributed by atoms with E-state index in [0.717, 1.165) is 17.8 Å². The number of halogens is 3. The summed E-state index contributed by atoms with van der Waals surface area (Å²) in [4.78, 5) is 3.75. The Morgan fingerprint density at radius 2 is 1.86 bits per heavy atom. The summed E-state index contributed by atoms with van der Waals surface area (Å²) in [5, 5.41) is 0. The molecule has 0 fully saturated rings. The molecule has 112 valence electrons. The first-order valence-corrected chi connectivity index (χ1v) is 6.31. The van der Waals surface area contributed by atoms with Gasteiger partial charge in [0.2, 0.25) is 0 Å². The number of benzene rings is 1. The number of pyridine rings is 1. The maximum Gasteiger partial charge on any atom is 0.416 e. The first-order valence-electron chi connectivity index (χ1n) is 6.31. The first kappa shape index (κ1) is 15.3. The van der Waals surface area contributed by atoms with Crippen LogP contribution in [0.25, 0.3) is 0 Å². The molecule has 2 rings (SSSR count). The molecule has 1 atom stereocenters. The molecule has 2 aromatic rings. The van der Waals surface area contributed by atoms with Gasteiger partial charge in [-0.25, -0.2) is 0 Å². The molecule has 0 spiro atoms. The minimum absolute atomic E-state index is 0.000757. The predicted molar refractivity (Wildman–Crippen MR) is 72.9 cm³/mol. The Kier molecular flexibility index (Phi) is 4.47. The van der Waals surface area contributed by atoms with E-state index < -0.39 is 17.8 Å². The van der Waals surface area contributed by atoms with Crippen LogP contribution in [0.4, 0.5) is 13.2 Å². The lowest BCUT2D eigenvalue weighted by Crippen LogP contribution is -2.19. The van der Waals surface area contributed by atoms with Gasteiger partial charge in [0.05, 0.1) is 12.7 Å². The van der Waals surface area contributed by atoms with E-state index in [9.17, 15) is 13.2 Å². The van der Waals surface area contributed by atoms with Crippen LogP contribution in [0.15, 0.2) is 42.7 Å². The topological polar surface area (TPSA) is 48.1 Å². The fourth-order valence-corrected chi connectivity index (χ4v) is 2.09. The van der Waals surface area contributed by atoms with E-state index in [2.05, 4.69) is 4.98 Å². The van der Waals surface area contributed by atoms with Gasteiger partial charge in [-0.05, 0) is 35.7 Å². The number of nitrogens with zero attached hydrogens (tertiary/aromatic N) is 1. The van der Waals surface area contributed by atoms with Crippen molar-refractivity contribution in [2.45, 2.75) is 18.6 Å². The van der Waals surface area contributed by atoms with Crippen molar-refractivity contribution in [3.8, 4) is 5.75 Å². The third-order valence-corrected chi connectivity index (χ3v) is 3.17. The number of hydrogen-bond acceptors (Lipinski definition) is 3. The molecule has 1 aromatic heterocycles. The number of ether oxygens (including phenoxy) is 1. The van der Waals surface area contributed by atoms with Crippen LogP contribution in [0.5, 0.6) is 5.75 Å². The van der Waals surface area contributed by atoms with Gasteiger partial charge in [-0.2, -0.15) is 13.2 Å². The summed E-state index contributed by atoms with van der Waals surface area (Å²) in [6.45, 7) is 0. The van der Waals surface area contributed by atoms with E-state index in [4.69, 9.17) is 10.5 Å². The minimum Gasteiger partial charge on any atom is -0.497 e. The van der Waals surface area contributed by atoms with Crippen molar-refractivity contribution in [1.82, 2.24) is 4.98 Å². The van der Waals surface area contributed by atoms with Crippen LogP contribution in [-0.4, -0.2) is 12.1 Å². The van der Waals surface area contributed by atoms with E-state index in [-0.39, 0.29) is 5.56 Å². The summed E-state index contributed by atoms with van der Waals surface area (Å²) in [6.07, 6.45) is -1.85. The number of alkyl halides is 3. The fraction of sp³-hybridized carbons (Fsp3) is 0.267. The molecule has 0 saturated carbocycles. The normalized spacial score (nSPS) is 13.0. The summed E-state index contributed by atoms with van der Waals surface area (Å²) in [7, 11) is 1.55. The van der Waals surface area contributed by atoms with Gasteiger partial charge in [-0.15, -0.1) is 0 Å². The van der Waals surface area contributed by atoms with Crippen LogP contribution < -0.4 is 10.5 Å². The SMILES string of the molecule is COc1ccc(CC(N)c2cnccc2C(F)(F)F)cc1. The van der Waals surface area contributed by atoms with Crippen molar-refractivity contribution < 1.29 is 17.9 Å². The predicted octanol–water partition coefficient (Wildman–Crippen LogP) is 3.35. The Hall–Kier alpha value is -2.08. The highest BCUT2D eigenvalue weighted by Crippen LogP contribution is 2.34. The lowest BCUT2D eigenvalue weighted by Gasteiger charge is -2.17. The van der Waals surface area contributed by atoms with Crippen molar-refractivity contribution in [2.75, 3.05) is 7.11 Å². The molecule has 21 heavy (non-hydrogen) atoms. The van der Waals surface area contributed by atoms with E-state index in [1.165, 1.54) is 6.20 Å². The van der Waals surface area contributed by atoms with Crippen molar-refractivity contribution in [3.63, 3.8) is 0 Å². The molecule has 1 unspecified atom stereocenters. The second kappa shape index (κ2) is 6.13. The van der Waals surface area contributed by atoms with E-state index >= 15 is 0 Å². The number of aromatic nitrogens is 1. The zero-order valence-corrected chi connectivity index (χ0v) is 11.4. The standard InChI is InChI=1S/C15H15F3N2O/c1-21-11-4-2-10(3-5-11)8-14(19)12-9-20-7-6-13(12)15(16,17)18/h2-7,9,14H,8,19H2,1H3. The molecule has 0 saturated heterocycles. The zero-order chi connectivity index (χ0) is 15.5. The third-order valence-electron chi connectivity index (χ3n) is 3.17. The summed E-state index contributed by atoms with van der Waals surface area (Å²) < 4.78 is 43.9. The Balaban J connectivity index is 2.22. The second-order valence-corrected chi connectivity index (χ2v) is 4.62. The van der Waals surface area contributed by atoms with Crippen molar-refractivity contribution >= 4 is 0 Å². The highest BCUT2D eigenvalue weighted by molar-refractivity contribution is 5.32. The number of methoxy groups -OCH3 is 1. The van der Waals surface area contributed by atoms with Crippen molar-refractivity contribution in [1.29, 1.82) is 0 Å². The monoisotopic (exact) mass is 296 g/mol. The molecule has 0 aliphatic heterocycles. The Bertz CT molecular complexity index is 597. The van der Waals surface area contributed by atoms with Gasteiger partial charge >= 0.3 is 6.18 Å². The van der Waals surface area contributed by atoms with Crippen LogP contribution in [0, 0.1) is 0 Å². The molecular weight excluding hydrogens is 281 g/mol. The van der Waals surface area contributed by atoms with Gasteiger partial charge in [-0.3, -0.25) is 4.98 Å². The molecule has 0 amide bonds. The van der Waals surface area contributed by atoms with E-state index in [1.54, 1.807) is 31.4 Å². The number of hydrogen-bond donors (Lipinski definition) is 1. The summed E-state index contributed by atoms with van der Waals surface area (Å²) in [5.74, 6) is 0.685. The van der Waals surface area contributed by atoms with Crippen LogP contribution >= 0.6 is 0 Å². The van der Waals surface area contributed by atoms with E-state index in [1.807, 2.05) is 0 Å².